The van der Waals surface area contributed by atoms with Crippen LogP contribution in [0.1, 0.15) is 11.3 Å². The SMILES string of the molecule is COC(=O)C1Oc2ccc(F)cc2C(Cl)=C1/C=C(/C#N)c1ccccn1. The molecule has 0 aliphatic carbocycles. The summed E-state index contributed by atoms with van der Waals surface area (Å²) in [6, 6.07) is 10.9. The van der Waals surface area contributed by atoms with Gasteiger partial charge in [0.05, 0.1) is 23.4 Å². The minimum Gasteiger partial charge on any atom is -0.473 e. The first kappa shape index (κ1) is 17.6. The highest BCUT2D eigenvalue weighted by Crippen LogP contribution is 2.40. The topological polar surface area (TPSA) is 72.2 Å². The molecule has 1 aliphatic heterocycles. The summed E-state index contributed by atoms with van der Waals surface area (Å²) < 4.78 is 24.0. The van der Waals surface area contributed by atoms with Crippen LogP contribution in [0.25, 0.3) is 10.6 Å². The fraction of sp³-hybridized carbons (Fsp3) is 0.105. The Morgan fingerprint density at radius 1 is 1.42 bits per heavy atom. The number of nitrogens with zero attached hydrogens (tertiary/aromatic N) is 2. The Labute approximate surface area is 153 Å². The summed E-state index contributed by atoms with van der Waals surface area (Å²) in [6.07, 6.45) is 1.76. The summed E-state index contributed by atoms with van der Waals surface area (Å²) in [6.45, 7) is 0. The standard InChI is InChI=1S/C19H12ClFN2O3/c1-25-19(24)18-14(8-11(10-22)15-4-2-3-7-23-15)17(20)13-9-12(21)5-6-16(13)26-18/h2-9,18H,1H3/b11-8-. The highest BCUT2D eigenvalue weighted by atomic mass is 35.5. The molecule has 130 valence electrons. The van der Waals surface area contributed by atoms with Gasteiger partial charge in [0, 0.05) is 17.3 Å². The van der Waals surface area contributed by atoms with Gasteiger partial charge >= 0.3 is 5.97 Å². The Morgan fingerprint density at radius 3 is 2.88 bits per heavy atom. The third-order valence-electron chi connectivity index (χ3n) is 3.74. The number of fused-ring (bicyclic) bond motifs is 1. The number of benzene rings is 1. The van der Waals surface area contributed by atoms with E-state index >= 15 is 0 Å². The van der Waals surface area contributed by atoms with Crippen LogP contribution in [0.5, 0.6) is 5.75 Å². The number of carbonyl (C=O) groups is 1. The quantitative estimate of drug-likeness (QED) is 0.608. The Kier molecular flexibility index (Phi) is 5.01. The van der Waals surface area contributed by atoms with Gasteiger partial charge in [0.2, 0.25) is 6.10 Å². The molecule has 5 nitrogen and oxygen atoms in total. The molecule has 1 aromatic heterocycles. The summed E-state index contributed by atoms with van der Waals surface area (Å²) in [5, 5.41) is 9.58. The number of esters is 1. The normalized spacial score (nSPS) is 16.4. The molecule has 2 aromatic rings. The summed E-state index contributed by atoms with van der Waals surface area (Å²) in [5.74, 6) is -0.946. The monoisotopic (exact) mass is 370 g/mol. The lowest BCUT2D eigenvalue weighted by atomic mass is 9.98. The van der Waals surface area contributed by atoms with Gasteiger partial charge in [-0.25, -0.2) is 9.18 Å². The highest BCUT2D eigenvalue weighted by molar-refractivity contribution is 6.50. The molecule has 0 saturated heterocycles. The maximum Gasteiger partial charge on any atom is 0.351 e. The van der Waals surface area contributed by atoms with Crippen molar-refractivity contribution in [1.29, 1.82) is 5.26 Å². The van der Waals surface area contributed by atoms with Gasteiger partial charge in [0.1, 0.15) is 17.6 Å². The minimum atomic E-state index is -1.18. The van der Waals surface area contributed by atoms with Crippen molar-refractivity contribution in [2.24, 2.45) is 0 Å². The smallest absolute Gasteiger partial charge is 0.351 e. The Morgan fingerprint density at radius 2 is 2.23 bits per heavy atom. The van der Waals surface area contributed by atoms with E-state index in [0.29, 0.717) is 5.69 Å². The largest absolute Gasteiger partial charge is 0.473 e. The number of carbonyl (C=O) groups excluding carboxylic acids is 1. The molecule has 0 fully saturated rings. The summed E-state index contributed by atoms with van der Waals surface area (Å²) >= 11 is 6.42. The second-order valence-corrected chi connectivity index (χ2v) is 5.69. The van der Waals surface area contributed by atoms with Crippen molar-refractivity contribution in [3.8, 4) is 11.8 Å². The van der Waals surface area contributed by atoms with Crippen LogP contribution in [-0.2, 0) is 9.53 Å². The van der Waals surface area contributed by atoms with E-state index in [1.165, 1.54) is 37.6 Å². The van der Waals surface area contributed by atoms with Crippen molar-refractivity contribution in [2.75, 3.05) is 7.11 Å². The van der Waals surface area contributed by atoms with Crippen LogP contribution in [-0.4, -0.2) is 24.2 Å². The predicted octanol–water partition coefficient (Wildman–Crippen LogP) is 3.71. The van der Waals surface area contributed by atoms with E-state index in [2.05, 4.69) is 4.98 Å². The fourth-order valence-electron chi connectivity index (χ4n) is 2.50. The number of hydrogen-bond donors (Lipinski definition) is 0. The number of ether oxygens (including phenoxy) is 2. The lowest BCUT2D eigenvalue weighted by Crippen LogP contribution is -2.33. The van der Waals surface area contributed by atoms with Gasteiger partial charge in [0.25, 0.3) is 0 Å². The number of rotatable bonds is 3. The molecule has 7 heteroatoms. The van der Waals surface area contributed by atoms with E-state index in [-0.39, 0.29) is 27.5 Å². The number of hydrogen-bond acceptors (Lipinski definition) is 5. The average Bonchev–Trinajstić information content (AvgIpc) is 2.67. The maximum absolute atomic E-state index is 13.6. The van der Waals surface area contributed by atoms with Crippen LogP contribution in [0.4, 0.5) is 4.39 Å². The van der Waals surface area contributed by atoms with E-state index < -0.39 is 17.9 Å². The van der Waals surface area contributed by atoms with Gasteiger partial charge in [-0.2, -0.15) is 5.26 Å². The van der Waals surface area contributed by atoms with Crippen molar-refractivity contribution in [3.05, 3.63) is 71.3 Å². The molecular weight excluding hydrogens is 359 g/mol. The van der Waals surface area contributed by atoms with Crippen LogP contribution in [0, 0.1) is 17.1 Å². The zero-order valence-corrected chi connectivity index (χ0v) is 14.3. The highest BCUT2D eigenvalue weighted by Gasteiger charge is 2.33. The number of aromatic nitrogens is 1. The zero-order valence-electron chi connectivity index (χ0n) is 13.6. The predicted molar refractivity (Wildman–Crippen MR) is 93.4 cm³/mol. The second kappa shape index (κ2) is 7.38. The molecule has 0 spiro atoms. The summed E-state index contributed by atoms with van der Waals surface area (Å²) in [4.78, 5) is 16.3. The van der Waals surface area contributed by atoms with E-state index in [9.17, 15) is 14.4 Å². The molecule has 0 amide bonds. The Hall–Kier alpha value is -3.17. The lowest BCUT2D eigenvalue weighted by molar-refractivity contribution is -0.146. The Balaban J connectivity index is 2.19. The fourth-order valence-corrected chi connectivity index (χ4v) is 2.80. The van der Waals surface area contributed by atoms with E-state index in [4.69, 9.17) is 21.1 Å². The molecule has 0 saturated carbocycles. The molecule has 3 rings (SSSR count). The van der Waals surface area contributed by atoms with E-state index in [0.717, 1.165) is 0 Å². The average molecular weight is 371 g/mol. The van der Waals surface area contributed by atoms with Crippen molar-refractivity contribution < 1.29 is 18.7 Å². The summed E-state index contributed by atoms with van der Waals surface area (Å²) in [7, 11) is 1.21. The molecule has 0 bridgehead atoms. The minimum absolute atomic E-state index is 0.102. The van der Waals surface area contributed by atoms with Gasteiger partial charge in [-0.3, -0.25) is 4.98 Å². The molecule has 0 radical (unpaired) electrons. The van der Waals surface area contributed by atoms with E-state index in [1.807, 2.05) is 6.07 Å². The summed E-state index contributed by atoms with van der Waals surface area (Å²) in [5.41, 5.74) is 1.06. The molecule has 1 atom stereocenters. The first-order chi connectivity index (χ1) is 12.5. The van der Waals surface area contributed by atoms with Crippen LogP contribution < -0.4 is 4.74 Å². The molecule has 1 aromatic carbocycles. The Bertz CT molecular complexity index is 964. The third kappa shape index (κ3) is 3.30. The van der Waals surface area contributed by atoms with Crippen LogP contribution in [0.3, 0.4) is 0 Å². The van der Waals surface area contributed by atoms with Gasteiger partial charge in [0.15, 0.2) is 0 Å². The number of nitriles is 1. The molecule has 0 N–H and O–H groups in total. The van der Waals surface area contributed by atoms with Crippen molar-refractivity contribution in [2.45, 2.75) is 6.10 Å². The van der Waals surface area contributed by atoms with Crippen LogP contribution in [0.15, 0.2) is 54.2 Å². The molecular formula is C19H12ClFN2O3. The van der Waals surface area contributed by atoms with Crippen molar-refractivity contribution in [3.63, 3.8) is 0 Å². The van der Waals surface area contributed by atoms with Crippen molar-refractivity contribution >= 4 is 28.2 Å². The first-order valence-electron chi connectivity index (χ1n) is 7.52. The van der Waals surface area contributed by atoms with Crippen LogP contribution in [0.2, 0.25) is 0 Å². The molecule has 1 aliphatic rings. The molecule has 1 unspecified atom stereocenters. The second-order valence-electron chi connectivity index (χ2n) is 5.32. The molecule has 26 heavy (non-hydrogen) atoms. The van der Waals surface area contributed by atoms with Gasteiger partial charge in [-0.05, 0) is 36.4 Å². The maximum atomic E-state index is 13.6. The zero-order chi connectivity index (χ0) is 18.7. The third-order valence-corrected chi connectivity index (χ3v) is 4.16. The number of allylic oxidation sites excluding steroid dienone is 1. The number of methoxy groups -OCH3 is 1. The van der Waals surface area contributed by atoms with Crippen molar-refractivity contribution in [1.82, 2.24) is 4.98 Å². The van der Waals surface area contributed by atoms with Gasteiger partial charge < -0.3 is 9.47 Å². The van der Waals surface area contributed by atoms with Gasteiger partial charge in [-0.15, -0.1) is 0 Å². The first-order valence-corrected chi connectivity index (χ1v) is 7.90. The van der Waals surface area contributed by atoms with Gasteiger partial charge in [-0.1, -0.05) is 17.7 Å². The number of pyridine rings is 1. The van der Waals surface area contributed by atoms with E-state index in [1.54, 1.807) is 18.2 Å². The number of halogens is 2. The van der Waals surface area contributed by atoms with Crippen LogP contribution >= 0.6 is 11.6 Å². The lowest BCUT2D eigenvalue weighted by Gasteiger charge is -2.26. The molecule has 2 heterocycles.